The molecule has 19 heavy (non-hydrogen) atoms. The molecule has 0 saturated carbocycles. The lowest BCUT2D eigenvalue weighted by molar-refractivity contribution is -0.139. The van der Waals surface area contributed by atoms with Crippen LogP contribution < -0.4 is 10.1 Å². The van der Waals surface area contributed by atoms with Crippen molar-refractivity contribution in [1.82, 2.24) is 15.2 Å². The van der Waals surface area contributed by atoms with Crippen LogP contribution in [0.25, 0.3) is 0 Å². The summed E-state index contributed by atoms with van der Waals surface area (Å²) in [5, 5.41) is 3.41. The fourth-order valence-electron chi connectivity index (χ4n) is 2.44. The van der Waals surface area contributed by atoms with E-state index in [2.05, 4.69) is 24.1 Å². The number of amides is 1. The zero-order chi connectivity index (χ0) is 13.8. The summed E-state index contributed by atoms with van der Waals surface area (Å²) in [6.07, 6.45) is 2.81. The van der Waals surface area contributed by atoms with E-state index < -0.39 is 6.10 Å². The highest BCUT2D eigenvalue weighted by molar-refractivity contribution is 5.81. The zero-order valence-corrected chi connectivity index (χ0v) is 11.7. The van der Waals surface area contributed by atoms with Gasteiger partial charge in [-0.25, -0.2) is 0 Å². The summed E-state index contributed by atoms with van der Waals surface area (Å²) in [5.41, 5.74) is 0. The van der Waals surface area contributed by atoms with Gasteiger partial charge in [0.05, 0.1) is 6.20 Å². The van der Waals surface area contributed by atoms with Crippen molar-refractivity contribution in [3.05, 3.63) is 24.5 Å². The molecule has 2 heterocycles. The minimum atomic E-state index is -0.485. The predicted molar refractivity (Wildman–Crippen MR) is 73.0 cm³/mol. The third-order valence-electron chi connectivity index (χ3n) is 3.16. The molecule has 3 atom stereocenters. The molecule has 1 saturated heterocycles. The van der Waals surface area contributed by atoms with Gasteiger partial charge in [-0.15, -0.1) is 0 Å². The average molecular weight is 263 g/mol. The molecule has 1 amide bonds. The Morgan fingerprint density at radius 2 is 2.16 bits per heavy atom. The van der Waals surface area contributed by atoms with Crippen LogP contribution in [-0.2, 0) is 4.79 Å². The highest BCUT2D eigenvalue weighted by Crippen LogP contribution is 2.12. The smallest absolute Gasteiger partial charge is 0.263 e. The molecule has 0 spiro atoms. The normalized spacial score (nSPS) is 24.9. The number of rotatable bonds is 3. The summed E-state index contributed by atoms with van der Waals surface area (Å²) in [5.74, 6) is 0.656. The molecular weight excluding hydrogens is 242 g/mol. The Labute approximate surface area is 114 Å². The van der Waals surface area contributed by atoms with Crippen LogP contribution in [0, 0.1) is 0 Å². The van der Waals surface area contributed by atoms with E-state index in [1.165, 1.54) is 0 Å². The summed E-state index contributed by atoms with van der Waals surface area (Å²) in [6.45, 7) is 7.41. The Hall–Kier alpha value is -1.62. The number of nitrogens with zero attached hydrogens (tertiary/aromatic N) is 2. The van der Waals surface area contributed by atoms with Gasteiger partial charge >= 0.3 is 0 Å². The first kappa shape index (κ1) is 13.8. The molecule has 104 valence electrons. The van der Waals surface area contributed by atoms with Gasteiger partial charge in [0.25, 0.3) is 5.91 Å². The molecule has 2 rings (SSSR count). The van der Waals surface area contributed by atoms with Crippen LogP contribution in [0.1, 0.15) is 20.8 Å². The van der Waals surface area contributed by atoms with Gasteiger partial charge in [-0.2, -0.15) is 0 Å². The number of pyridine rings is 1. The van der Waals surface area contributed by atoms with E-state index in [4.69, 9.17) is 4.74 Å². The lowest BCUT2D eigenvalue weighted by Crippen LogP contribution is -2.57. The van der Waals surface area contributed by atoms with Gasteiger partial charge in [-0.1, -0.05) is 0 Å². The van der Waals surface area contributed by atoms with E-state index in [1.807, 2.05) is 4.90 Å². The molecule has 1 fully saturated rings. The lowest BCUT2D eigenvalue weighted by Gasteiger charge is -2.37. The number of aromatic nitrogens is 1. The van der Waals surface area contributed by atoms with E-state index >= 15 is 0 Å². The second kappa shape index (κ2) is 6.02. The maximum absolute atomic E-state index is 12.3. The molecule has 0 aromatic carbocycles. The second-order valence-electron chi connectivity index (χ2n) is 5.16. The van der Waals surface area contributed by atoms with E-state index in [0.29, 0.717) is 17.8 Å². The number of piperazine rings is 1. The molecule has 1 aromatic heterocycles. The summed E-state index contributed by atoms with van der Waals surface area (Å²) in [6, 6.07) is 4.23. The summed E-state index contributed by atoms with van der Waals surface area (Å²) >= 11 is 0. The average Bonchev–Trinajstić information content (AvgIpc) is 2.37. The largest absolute Gasteiger partial charge is 0.479 e. The Morgan fingerprint density at radius 1 is 1.47 bits per heavy atom. The van der Waals surface area contributed by atoms with Crippen molar-refractivity contribution in [3.63, 3.8) is 0 Å². The minimum Gasteiger partial charge on any atom is -0.479 e. The van der Waals surface area contributed by atoms with Crippen molar-refractivity contribution in [2.75, 3.05) is 13.1 Å². The van der Waals surface area contributed by atoms with Crippen molar-refractivity contribution < 1.29 is 9.53 Å². The Bertz CT molecular complexity index is 414. The van der Waals surface area contributed by atoms with Crippen LogP contribution in [0.3, 0.4) is 0 Å². The molecule has 1 aromatic rings. The third kappa shape index (κ3) is 3.67. The number of carbonyl (C=O) groups excluding carboxylic acids is 1. The van der Waals surface area contributed by atoms with Crippen molar-refractivity contribution in [1.29, 1.82) is 0 Å². The Balaban J connectivity index is 1.95. The first-order valence-corrected chi connectivity index (χ1v) is 6.68. The first-order valence-electron chi connectivity index (χ1n) is 6.68. The molecule has 0 radical (unpaired) electrons. The maximum atomic E-state index is 12.3. The van der Waals surface area contributed by atoms with Crippen LogP contribution in [0.15, 0.2) is 24.5 Å². The molecule has 1 aliphatic heterocycles. The quantitative estimate of drug-likeness (QED) is 0.886. The van der Waals surface area contributed by atoms with Gasteiger partial charge in [0.15, 0.2) is 6.10 Å². The Kier molecular flexibility index (Phi) is 4.37. The van der Waals surface area contributed by atoms with Crippen molar-refractivity contribution >= 4 is 5.91 Å². The number of carbonyl (C=O) groups is 1. The molecule has 5 heteroatoms. The standard InChI is InChI=1S/C14H21N3O2/c1-10-8-17(9-11(2)16-10)14(18)12(3)19-13-5-4-6-15-7-13/h4-7,10-12,16H,8-9H2,1-3H3/t10-,11-,12+/m1/s1. The van der Waals surface area contributed by atoms with Crippen molar-refractivity contribution in [3.8, 4) is 5.75 Å². The third-order valence-corrected chi connectivity index (χ3v) is 3.16. The fourth-order valence-corrected chi connectivity index (χ4v) is 2.44. The molecule has 1 aliphatic rings. The molecule has 5 nitrogen and oxygen atoms in total. The molecule has 1 N–H and O–H groups in total. The lowest BCUT2D eigenvalue weighted by atomic mass is 10.1. The minimum absolute atomic E-state index is 0.0315. The van der Waals surface area contributed by atoms with Gasteiger partial charge < -0.3 is 15.0 Å². The highest BCUT2D eigenvalue weighted by atomic mass is 16.5. The summed E-state index contributed by atoms with van der Waals surface area (Å²) in [4.78, 5) is 18.2. The Morgan fingerprint density at radius 3 is 2.74 bits per heavy atom. The number of hydrogen-bond donors (Lipinski definition) is 1. The van der Waals surface area contributed by atoms with Crippen LogP contribution in [0.5, 0.6) is 5.75 Å². The van der Waals surface area contributed by atoms with Gasteiger partial charge in [0, 0.05) is 31.4 Å². The number of ether oxygens (including phenoxy) is 1. The zero-order valence-electron chi connectivity index (χ0n) is 11.7. The topological polar surface area (TPSA) is 54.5 Å². The van der Waals surface area contributed by atoms with E-state index in [-0.39, 0.29) is 5.91 Å². The fraction of sp³-hybridized carbons (Fsp3) is 0.571. The van der Waals surface area contributed by atoms with Gasteiger partial charge in [-0.3, -0.25) is 9.78 Å². The van der Waals surface area contributed by atoms with Crippen LogP contribution >= 0.6 is 0 Å². The molecule has 0 unspecified atom stereocenters. The maximum Gasteiger partial charge on any atom is 0.263 e. The van der Waals surface area contributed by atoms with Crippen molar-refractivity contribution in [2.45, 2.75) is 39.0 Å². The summed E-state index contributed by atoms with van der Waals surface area (Å²) < 4.78 is 5.63. The second-order valence-corrected chi connectivity index (χ2v) is 5.16. The van der Waals surface area contributed by atoms with Gasteiger partial charge in [0.1, 0.15) is 5.75 Å². The molecule has 0 aliphatic carbocycles. The van der Waals surface area contributed by atoms with Crippen LogP contribution in [0.4, 0.5) is 0 Å². The predicted octanol–water partition coefficient (Wildman–Crippen LogP) is 1.06. The first-order chi connectivity index (χ1) is 9.06. The number of hydrogen-bond acceptors (Lipinski definition) is 4. The van der Waals surface area contributed by atoms with E-state index in [1.54, 1.807) is 31.5 Å². The van der Waals surface area contributed by atoms with Gasteiger partial charge in [0.2, 0.25) is 0 Å². The van der Waals surface area contributed by atoms with Crippen LogP contribution in [0.2, 0.25) is 0 Å². The van der Waals surface area contributed by atoms with E-state index in [9.17, 15) is 4.79 Å². The van der Waals surface area contributed by atoms with E-state index in [0.717, 1.165) is 13.1 Å². The SMILES string of the molecule is C[C@@H]1CN(C(=O)[C@H](C)Oc2cccnc2)C[C@@H](C)N1. The monoisotopic (exact) mass is 263 g/mol. The highest BCUT2D eigenvalue weighted by Gasteiger charge is 2.28. The molecular formula is C14H21N3O2. The number of nitrogens with one attached hydrogen (secondary N) is 1. The van der Waals surface area contributed by atoms with Gasteiger partial charge in [-0.05, 0) is 32.9 Å². The van der Waals surface area contributed by atoms with Crippen LogP contribution in [-0.4, -0.2) is 47.1 Å². The summed E-state index contributed by atoms with van der Waals surface area (Å²) in [7, 11) is 0. The molecule has 0 bridgehead atoms. The van der Waals surface area contributed by atoms with Crippen molar-refractivity contribution in [2.24, 2.45) is 0 Å².